The molecule has 1 aromatic rings. The number of halogens is 2. The van der Waals surface area contributed by atoms with Gasteiger partial charge in [-0.05, 0) is 24.6 Å². The first-order valence-corrected chi connectivity index (χ1v) is 6.37. The van der Waals surface area contributed by atoms with E-state index in [4.69, 9.17) is 10.8 Å². The van der Waals surface area contributed by atoms with Crippen molar-refractivity contribution in [3.05, 3.63) is 34.1 Å². The molecule has 108 valence electrons. The molecule has 0 aliphatic rings. The first-order valence-electron chi connectivity index (χ1n) is 5.58. The maximum atomic E-state index is 13.5. The number of carboxylic acid groups (broad SMARTS) is 1. The lowest BCUT2D eigenvalue weighted by Gasteiger charge is -2.14. The molecular formula is C12H12BrFN2O4. The molecule has 1 unspecified atom stereocenters. The van der Waals surface area contributed by atoms with Crippen LogP contribution >= 0.6 is 15.9 Å². The van der Waals surface area contributed by atoms with Crippen molar-refractivity contribution in [1.82, 2.24) is 5.32 Å². The third kappa shape index (κ3) is 4.61. The molecule has 0 aromatic heterocycles. The predicted octanol–water partition coefficient (Wildman–Crippen LogP) is 1.04. The van der Waals surface area contributed by atoms with Gasteiger partial charge in [-0.2, -0.15) is 0 Å². The molecule has 0 saturated carbocycles. The summed E-state index contributed by atoms with van der Waals surface area (Å²) < 4.78 is 14.0. The summed E-state index contributed by atoms with van der Waals surface area (Å²) in [5, 5.41) is 11.1. The van der Waals surface area contributed by atoms with Gasteiger partial charge >= 0.3 is 5.97 Å². The van der Waals surface area contributed by atoms with Crippen LogP contribution in [-0.2, 0) is 9.59 Å². The maximum Gasteiger partial charge on any atom is 0.326 e. The smallest absolute Gasteiger partial charge is 0.326 e. The standard InChI is InChI=1S/C12H12BrFN2O4/c13-6-1-2-8(14)7(5-6)11(18)16-9(12(19)20)3-4-10(15)17/h1-2,5,9H,3-4H2,(H2,15,17)(H,16,18)(H,19,20). The normalized spacial score (nSPS) is 11.7. The largest absolute Gasteiger partial charge is 0.480 e. The Balaban J connectivity index is 2.82. The fourth-order valence-corrected chi connectivity index (χ4v) is 1.81. The molecule has 0 fully saturated rings. The van der Waals surface area contributed by atoms with Gasteiger partial charge in [0.05, 0.1) is 5.56 Å². The van der Waals surface area contributed by atoms with E-state index in [-0.39, 0.29) is 18.4 Å². The Kier molecular flexibility index (Phi) is 5.63. The van der Waals surface area contributed by atoms with E-state index in [1.165, 1.54) is 12.1 Å². The molecule has 2 amide bonds. The number of hydrogen-bond donors (Lipinski definition) is 3. The van der Waals surface area contributed by atoms with Crippen LogP contribution in [0, 0.1) is 5.82 Å². The number of benzene rings is 1. The molecule has 8 heteroatoms. The molecule has 0 bridgehead atoms. The van der Waals surface area contributed by atoms with Crippen molar-refractivity contribution in [3.63, 3.8) is 0 Å². The third-order valence-electron chi connectivity index (χ3n) is 2.46. The summed E-state index contributed by atoms with van der Waals surface area (Å²) >= 11 is 3.09. The lowest BCUT2D eigenvalue weighted by Crippen LogP contribution is -2.41. The Labute approximate surface area is 122 Å². The highest BCUT2D eigenvalue weighted by Gasteiger charge is 2.22. The number of primary amides is 1. The van der Waals surface area contributed by atoms with Crippen LogP contribution in [0.2, 0.25) is 0 Å². The maximum absolute atomic E-state index is 13.5. The van der Waals surface area contributed by atoms with Crippen LogP contribution < -0.4 is 11.1 Å². The van der Waals surface area contributed by atoms with Crippen molar-refractivity contribution in [2.45, 2.75) is 18.9 Å². The Morgan fingerprint density at radius 1 is 1.40 bits per heavy atom. The number of carbonyl (C=O) groups is 3. The van der Waals surface area contributed by atoms with E-state index in [1.54, 1.807) is 0 Å². The zero-order valence-electron chi connectivity index (χ0n) is 10.2. The lowest BCUT2D eigenvalue weighted by molar-refractivity contribution is -0.139. The van der Waals surface area contributed by atoms with Gasteiger partial charge in [-0.15, -0.1) is 0 Å². The van der Waals surface area contributed by atoms with Gasteiger partial charge in [0.2, 0.25) is 5.91 Å². The number of aliphatic carboxylic acids is 1. The van der Waals surface area contributed by atoms with Crippen molar-refractivity contribution in [2.75, 3.05) is 0 Å². The number of rotatable bonds is 6. The highest BCUT2D eigenvalue weighted by Crippen LogP contribution is 2.15. The summed E-state index contributed by atoms with van der Waals surface area (Å²) in [4.78, 5) is 33.4. The Hall–Kier alpha value is -1.96. The van der Waals surface area contributed by atoms with E-state index >= 15 is 0 Å². The van der Waals surface area contributed by atoms with E-state index in [0.29, 0.717) is 4.47 Å². The SMILES string of the molecule is NC(=O)CCC(NC(=O)c1cc(Br)ccc1F)C(=O)O. The van der Waals surface area contributed by atoms with Crippen LogP contribution in [0.4, 0.5) is 4.39 Å². The van der Waals surface area contributed by atoms with E-state index < -0.39 is 29.6 Å². The fourth-order valence-electron chi connectivity index (χ4n) is 1.45. The van der Waals surface area contributed by atoms with Gasteiger partial charge in [0.1, 0.15) is 11.9 Å². The minimum Gasteiger partial charge on any atom is -0.480 e. The van der Waals surface area contributed by atoms with Crippen LogP contribution in [0.5, 0.6) is 0 Å². The summed E-state index contributed by atoms with van der Waals surface area (Å²) in [7, 11) is 0. The second-order valence-corrected chi connectivity index (χ2v) is 4.91. The monoisotopic (exact) mass is 346 g/mol. The molecule has 6 nitrogen and oxygen atoms in total. The van der Waals surface area contributed by atoms with Crippen LogP contribution in [0.1, 0.15) is 23.2 Å². The Bertz CT molecular complexity index is 550. The lowest BCUT2D eigenvalue weighted by atomic mass is 10.1. The zero-order chi connectivity index (χ0) is 15.3. The molecule has 1 aromatic carbocycles. The van der Waals surface area contributed by atoms with Crippen molar-refractivity contribution in [2.24, 2.45) is 5.73 Å². The summed E-state index contributed by atoms with van der Waals surface area (Å²) in [6.07, 6.45) is -0.357. The molecule has 0 spiro atoms. The highest BCUT2D eigenvalue weighted by atomic mass is 79.9. The van der Waals surface area contributed by atoms with Crippen LogP contribution in [0.3, 0.4) is 0 Å². The van der Waals surface area contributed by atoms with E-state index in [1.807, 2.05) is 0 Å². The van der Waals surface area contributed by atoms with Crippen molar-refractivity contribution in [3.8, 4) is 0 Å². The third-order valence-corrected chi connectivity index (χ3v) is 2.95. The number of nitrogens with two attached hydrogens (primary N) is 1. The van der Waals surface area contributed by atoms with Crippen LogP contribution in [0.15, 0.2) is 22.7 Å². The quantitative estimate of drug-likeness (QED) is 0.714. The Morgan fingerprint density at radius 3 is 2.60 bits per heavy atom. The van der Waals surface area contributed by atoms with E-state index in [0.717, 1.165) is 6.07 Å². The van der Waals surface area contributed by atoms with Crippen molar-refractivity contribution < 1.29 is 23.9 Å². The minimum atomic E-state index is -1.32. The van der Waals surface area contributed by atoms with E-state index in [2.05, 4.69) is 21.2 Å². The second-order valence-electron chi connectivity index (χ2n) is 3.99. The summed E-state index contributed by atoms with van der Waals surface area (Å²) in [5.74, 6) is -3.65. The molecule has 20 heavy (non-hydrogen) atoms. The van der Waals surface area contributed by atoms with Gasteiger partial charge < -0.3 is 16.2 Å². The predicted molar refractivity (Wildman–Crippen MR) is 71.4 cm³/mol. The first-order chi connectivity index (χ1) is 9.31. The number of hydrogen-bond acceptors (Lipinski definition) is 3. The number of nitrogens with one attached hydrogen (secondary N) is 1. The molecule has 0 heterocycles. The van der Waals surface area contributed by atoms with Gasteiger partial charge in [0.25, 0.3) is 5.91 Å². The molecule has 0 aliphatic heterocycles. The first kappa shape index (κ1) is 16.1. The van der Waals surface area contributed by atoms with Crippen molar-refractivity contribution in [1.29, 1.82) is 0 Å². The topological polar surface area (TPSA) is 109 Å². The van der Waals surface area contributed by atoms with Gasteiger partial charge in [0, 0.05) is 10.9 Å². The Morgan fingerprint density at radius 2 is 2.05 bits per heavy atom. The highest BCUT2D eigenvalue weighted by molar-refractivity contribution is 9.10. The zero-order valence-corrected chi connectivity index (χ0v) is 11.8. The molecule has 1 rings (SSSR count). The van der Waals surface area contributed by atoms with Crippen LogP contribution in [-0.4, -0.2) is 28.9 Å². The van der Waals surface area contributed by atoms with Gasteiger partial charge in [-0.3, -0.25) is 9.59 Å². The minimum absolute atomic E-state index is 0.161. The van der Waals surface area contributed by atoms with Crippen LogP contribution in [0.25, 0.3) is 0 Å². The number of carboxylic acids is 1. The fraction of sp³-hybridized carbons (Fsp3) is 0.250. The number of amides is 2. The second kappa shape index (κ2) is 6.99. The van der Waals surface area contributed by atoms with E-state index in [9.17, 15) is 18.8 Å². The molecule has 1 atom stereocenters. The van der Waals surface area contributed by atoms with Gasteiger partial charge in [0.15, 0.2) is 0 Å². The average Bonchev–Trinajstić information content (AvgIpc) is 2.36. The average molecular weight is 347 g/mol. The van der Waals surface area contributed by atoms with Gasteiger partial charge in [-0.1, -0.05) is 15.9 Å². The van der Waals surface area contributed by atoms with Gasteiger partial charge in [-0.25, -0.2) is 9.18 Å². The summed E-state index contributed by atoms with van der Waals surface area (Å²) in [6.45, 7) is 0. The summed E-state index contributed by atoms with van der Waals surface area (Å²) in [6, 6.07) is 2.41. The summed E-state index contributed by atoms with van der Waals surface area (Å²) in [5.41, 5.74) is 4.63. The van der Waals surface area contributed by atoms with Crippen molar-refractivity contribution >= 4 is 33.7 Å². The number of carbonyl (C=O) groups excluding carboxylic acids is 2. The molecule has 0 saturated heterocycles. The molecular weight excluding hydrogens is 335 g/mol. The molecule has 0 radical (unpaired) electrons. The molecule has 0 aliphatic carbocycles. The molecule has 4 N–H and O–H groups in total.